The first-order valence-corrected chi connectivity index (χ1v) is 22.1. The molecule has 0 fully saturated rings. The minimum atomic E-state index is -0.929. The average Bonchev–Trinajstić information content (AvgIpc) is 2.85. The van der Waals surface area contributed by atoms with E-state index in [9.17, 15) is 0 Å². The van der Waals surface area contributed by atoms with Crippen LogP contribution in [0.2, 0.25) is 24.2 Å². The second-order valence-electron chi connectivity index (χ2n) is 10.2. The Morgan fingerprint density at radius 2 is 0.735 bits per heavy atom. The molecule has 0 saturated heterocycles. The molecule has 0 spiro atoms. The van der Waals surface area contributed by atoms with E-state index in [1.165, 1.54) is 114 Å². The van der Waals surface area contributed by atoms with Gasteiger partial charge in [-0.1, -0.05) is 164 Å². The predicted octanol–water partition coefficient (Wildman–Crippen LogP) is 10.2. The summed E-state index contributed by atoms with van der Waals surface area (Å²) in [5.74, 6) is 0. The van der Waals surface area contributed by atoms with E-state index >= 15 is 0 Å². The van der Waals surface area contributed by atoms with E-state index in [2.05, 4.69) is 63.1 Å². The molecule has 0 aliphatic rings. The molecular weight excluding hydrogens is 489 g/mol. The van der Waals surface area contributed by atoms with E-state index in [1.807, 2.05) is 0 Å². The van der Waals surface area contributed by atoms with Gasteiger partial charge in [-0.2, -0.15) is 0 Å². The molecule has 0 aliphatic heterocycles. The van der Waals surface area contributed by atoms with Gasteiger partial charge in [0.05, 0.1) is 27.7 Å². The highest BCUT2D eigenvalue weighted by atomic mass is 33.1. The van der Waals surface area contributed by atoms with Gasteiger partial charge >= 0.3 is 0 Å². The second kappa shape index (κ2) is 27.1. The second-order valence-corrected chi connectivity index (χ2v) is 20.2. The van der Waals surface area contributed by atoms with Gasteiger partial charge < -0.3 is 9.47 Å². The Kier molecular flexibility index (Phi) is 27.9. The molecule has 0 N–H and O–H groups in total. The average molecular weight is 551 g/mol. The van der Waals surface area contributed by atoms with Crippen LogP contribution in [-0.2, 0) is 9.47 Å². The molecule has 2 nitrogen and oxygen atoms in total. The molecule has 206 valence electrons. The van der Waals surface area contributed by atoms with Crippen molar-refractivity contribution in [1.29, 1.82) is 0 Å². The van der Waals surface area contributed by atoms with Crippen molar-refractivity contribution in [1.82, 2.24) is 0 Å². The van der Waals surface area contributed by atoms with E-state index in [0.717, 1.165) is 13.2 Å². The van der Waals surface area contributed by atoms with Gasteiger partial charge in [-0.15, -0.1) is 0 Å². The van der Waals surface area contributed by atoms with Crippen LogP contribution in [0.4, 0.5) is 0 Å². The van der Waals surface area contributed by atoms with Crippen molar-refractivity contribution in [3.63, 3.8) is 0 Å². The minimum Gasteiger partial charge on any atom is -0.371 e. The van der Waals surface area contributed by atoms with Crippen LogP contribution in [0.5, 0.6) is 0 Å². The van der Waals surface area contributed by atoms with Crippen LogP contribution in [0.15, 0.2) is 0 Å². The van der Waals surface area contributed by atoms with Crippen LogP contribution in [0, 0.1) is 0 Å². The molecule has 0 aromatic carbocycles. The summed E-state index contributed by atoms with van der Waals surface area (Å²) in [6.07, 6.45) is 18.4. The van der Waals surface area contributed by atoms with Crippen molar-refractivity contribution >= 4 is 39.2 Å². The number of unbranched alkanes of at least 4 members (excludes halogenated alkanes) is 8. The van der Waals surface area contributed by atoms with Crippen molar-refractivity contribution in [2.75, 3.05) is 13.2 Å². The lowest BCUT2D eigenvalue weighted by Crippen LogP contribution is -2.33. The third-order valence-corrected chi connectivity index (χ3v) is 19.9. The fourth-order valence-electron chi connectivity index (χ4n) is 4.40. The molecule has 34 heavy (non-hydrogen) atoms. The molecule has 0 radical (unpaired) electrons. The van der Waals surface area contributed by atoms with E-state index < -0.39 is 17.6 Å². The number of ether oxygens (including phenoxy) is 2. The topological polar surface area (TPSA) is 18.5 Å². The monoisotopic (exact) mass is 550 g/mol. The van der Waals surface area contributed by atoms with Gasteiger partial charge in [0.25, 0.3) is 0 Å². The smallest absolute Gasteiger partial charge is 0.0980 e. The molecular formula is C28H62O2S2Si2. The molecule has 0 bridgehead atoms. The van der Waals surface area contributed by atoms with Crippen LogP contribution in [-0.4, -0.2) is 40.9 Å². The Balaban J connectivity index is 5.34. The summed E-state index contributed by atoms with van der Waals surface area (Å²) in [4.78, 5) is 0. The lowest BCUT2D eigenvalue weighted by Gasteiger charge is -2.30. The molecule has 2 atom stereocenters. The maximum Gasteiger partial charge on any atom is 0.0980 e. The highest BCUT2D eigenvalue weighted by molar-refractivity contribution is 8.77. The summed E-state index contributed by atoms with van der Waals surface area (Å²) < 4.78 is 13.4. The molecule has 2 unspecified atom stereocenters. The zero-order chi connectivity index (χ0) is 25.3. The van der Waals surface area contributed by atoms with Crippen molar-refractivity contribution < 1.29 is 9.47 Å². The van der Waals surface area contributed by atoms with Gasteiger partial charge in [-0.3, -0.25) is 0 Å². The molecule has 0 amide bonds. The summed E-state index contributed by atoms with van der Waals surface area (Å²) in [5.41, 5.74) is 0. The third kappa shape index (κ3) is 19.2. The van der Waals surface area contributed by atoms with E-state index in [-0.39, 0.29) is 0 Å². The number of hydrogen-bond acceptors (Lipinski definition) is 4. The van der Waals surface area contributed by atoms with Gasteiger partial charge in [0.15, 0.2) is 0 Å². The highest BCUT2D eigenvalue weighted by Crippen LogP contribution is 2.39. The Hall–Kier alpha value is 1.05. The summed E-state index contributed by atoms with van der Waals surface area (Å²) in [6.45, 7) is 15.9. The minimum absolute atomic E-state index is 0.466. The molecule has 0 aromatic rings. The normalized spacial score (nSPS) is 13.8. The maximum absolute atomic E-state index is 6.70. The Labute approximate surface area is 226 Å². The maximum atomic E-state index is 6.70. The zero-order valence-electron chi connectivity index (χ0n) is 24.1. The van der Waals surface area contributed by atoms with Crippen LogP contribution in [0.25, 0.3) is 0 Å². The predicted molar refractivity (Wildman–Crippen MR) is 167 cm³/mol. The summed E-state index contributed by atoms with van der Waals surface area (Å²) in [6, 6.07) is 5.82. The van der Waals surface area contributed by atoms with Gasteiger partial charge in [0.1, 0.15) is 0 Å². The molecule has 6 heteroatoms. The van der Waals surface area contributed by atoms with Gasteiger partial charge in [0.2, 0.25) is 0 Å². The van der Waals surface area contributed by atoms with Crippen LogP contribution in [0.1, 0.15) is 131 Å². The third-order valence-electron chi connectivity index (χ3n) is 6.79. The quantitative estimate of drug-likeness (QED) is 0.0438. The summed E-state index contributed by atoms with van der Waals surface area (Å²) >= 11 is 0. The Morgan fingerprint density at radius 3 is 1.00 bits per heavy atom. The molecule has 0 aliphatic carbocycles. The summed E-state index contributed by atoms with van der Waals surface area (Å²) in [7, 11) is 2.39. The molecule has 0 rings (SSSR count). The first-order valence-electron chi connectivity index (χ1n) is 15.2. The molecule has 0 saturated carbocycles. The lowest BCUT2D eigenvalue weighted by molar-refractivity contribution is 0.147. The SMILES string of the molecule is CCCCCOC(SSC(OCCCCC)[SiH](CCCC)CCCC)[SiH](CCCC)CCCC. The Bertz CT molecular complexity index is 353. The Morgan fingerprint density at radius 1 is 0.441 bits per heavy atom. The number of hydrogen-bond donors (Lipinski definition) is 0. The van der Waals surface area contributed by atoms with Crippen LogP contribution >= 0.6 is 21.6 Å². The lowest BCUT2D eigenvalue weighted by atomic mass is 10.3. The largest absolute Gasteiger partial charge is 0.371 e. The first kappa shape index (κ1) is 35.1. The van der Waals surface area contributed by atoms with E-state index in [4.69, 9.17) is 9.47 Å². The molecule has 0 heterocycles. The fourth-order valence-corrected chi connectivity index (χ4v) is 19.0. The first-order chi connectivity index (χ1) is 16.7. The highest BCUT2D eigenvalue weighted by Gasteiger charge is 2.29. The van der Waals surface area contributed by atoms with Crippen molar-refractivity contribution in [2.45, 2.75) is 166 Å². The van der Waals surface area contributed by atoms with Crippen LogP contribution in [0.3, 0.4) is 0 Å². The van der Waals surface area contributed by atoms with Crippen molar-refractivity contribution in [3.8, 4) is 0 Å². The fraction of sp³-hybridized carbons (Fsp3) is 1.00. The zero-order valence-corrected chi connectivity index (χ0v) is 28.0. The van der Waals surface area contributed by atoms with Crippen molar-refractivity contribution in [3.05, 3.63) is 0 Å². The summed E-state index contributed by atoms with van der Waals surface area (Å²) in [5, 5.41) is 0.933. The van der Waals surface area contributed by atoms with E-state index in [1.54, 1.807) is 0 Å². The van der Waals surface area contributed by atoms with Gasteiger partial charge in [-0.05, 0) is 12.8 Å². The van der Waals surface area contributed by atoms with Gasteiger partial charge in [-0.25, -0.2) is 0 Å². The number of rotatable bonds is 27. The van der Waals surface area contributed by atoms with Crippen LogP contribution < -0.4 is 0 Å². The standard InChI is InChI=1S/C28H62O2S2Si2/c1-7-13-19-21-29-27(33(23-15-9-3)24-16-10-4)31-32-28(30-22-20-14-8-2)34(25-17-11-5)26-18-12-6/h27-28,33-34H,7-26H2,1-6H3. The molecule has 0 aromatic heterocycles. The van der Waals surface area contributed by atoms with Gasteiger partial charge in [0, 0.05) is 13.2 Å². The van der Waals surface area contributed by atoms with E-state index in [0.29, 0.717) is 10.1 Å². The van der Waals surface area contributed by atoms with Crippen molar-refractivity contribution in [2.24, 2.45) is 0 Å².